The Kier molecular flexibility index (Phi) is 4.30. The van der Waals surface area contributed by atoms with E-state index in [0.717, 1.165) is 17.1 Å². The lowest BCUT2D eigenvalue weighted by Crippen LogP contribution is -1.97. The quantitative estimate of drug-likeness (QED) is 0.767. The van der Waals surface area contributed by atoms with Gasteiger partial charge in [0.1, 0.15) is 11.5 Å². The van der Waals surface area contributed by atoms with Gasteiger partial charge in [0.15, 0.2) is 0 Å². The van der Waals surface area contributed by atoms with Gasteiger partial charge in [0.05, 0.1) is 19.0 Å². The van der Waals surface area contributed by atoms with Crippen molar-refractivity contribution in [3.05, 3.63) is 45.6 Å². The van der Waals surface area contributed by atoms with Crippen LogP contribution in [0.1, 0.15) is 20.8 Å². The van der Waals surface area contributed by atoms with Gasteiger partial charge in [-0.25, -0.2) is 0 Å². The molecule has 4 heteroatoms. The Balaban J connectivity index is 2.45. The van der Waals surface area contributed by atoms with Crippen molar-refractivity contribution in [1.29, 1.82) is 0 Å². The van der Waals surface area contributed by atoms with Gasteiger partial charge in [0, 0.05) is 10.4 Å². The molecule has 0 aliphatic heterocycles. The number of thiophene rings is 1. The molecule has 0 N–H and O–H groups in total. The van der Waals surface area contributed by atoms with Crippen LogP contribution in [-0.4, -0.2) is 14.2 Å². The van der Waals surface area contributed by atoms with Crippen LogP contribution in [0.3, 0.4) is 0 Å². The molecule has 2 rings (SSSR count). The molecule has 0 amide bonds. The number of benzene rings is 1. The fourth-order valence-electron chi connectivity index (χ4n) is 1.82. The molecule has 0 saturated carbocycles. The van der Waals surface area contributed by atoms with Gasteiger partial charge >= 0.3 is 0 Å². The Hall–Kier alpha value is -1.00. The molecule has 96 valence electrons. The summed E-state index contributed by atoms with van der Waals surface area (Å²) >= 11 is 5.50. The van der Waals surface area contributed by atoms with Crippen LogP contribution in [0.5, 0.6) is 11.5 Å². The number of alkyl halides is 1. The number of aryl methyl sites for hydroxylation is 1. The highest BCUT2D eigenvalue weighted by molar-refractivity contribution is 9.09. The van der Waals surface area contributed by atoms with Crippen molar-refractivity contribution in [2.24, 2.45) is 0 Å². The minimum atomic E-state index is 0.127. The highest BCUT2D eigenvalue weighted by Crippen LogP contribution is 2.41. The van der Waals surface area contributed by atoms with Crippen LogP contribution < -0.4 is 9.47 Å². The monoisotopic (exact) mass is 326 g/mol. The van der Waals surface area contributed by atoms with Gasteiger partial charge in [0.25, 0.3) is 0 Å². The molecule has 0 aliphatic rings. The summed E-state index contributed by atoms with van der Waals surface area (Å²) in [5, 5.41) is 2.10. The molecule has 1 heterocycles. The molecule has 2 aromatic rings. The van der Waals surface area contributed by atoms with Gasteiger partial charge in [0.2, 0.25) is 0 Å². The fourth-order valence-corrected chi connectivity index (χ4v) is 3.78. The third kappa shape index (κ3) is 2.54. The zero-order valence-corrected chi connectivity index (χ0v) is 13.0. The van der Waals surface area contributed by atoms with E-state index in [0.29, 0.717) is 0 Å². The summed E-state index contributed by atoms with van der Waals surface area (Å²) in [6, 6.07) is 7.98. The van der Waals surface area contributed by atoms with E-state index in [-0.39, 0.29) is 4.83 Å². The average molecular weight is 327 g/mol. The Labute approximate surface area is 120 Å². The number of hydrogen-bond donors (Lipinski definition) is 0. The molecule has 18 heavy (non-hydrogen) atoms. The maximum atomic E-state index is 5.42. The molecule has 0 radical (unpaired) electrons. The number of halogens is 1. The molecule has 2 nitrogen and oxygen atoms in total. The molecule has 1 unspecified atom stereocenters. The predicted octanol–water partition coefficient (Wildman–Crippen LogP) is 4.56. The first-order valence-electron chi connectivity index (χ1n) is 5.57. The Bertz CT molecular complexity index is 536. The van der Waals surface area contributed by atoms with E-state index in [1.165, 1.54) is 10.4 Å². The molecular weight excluding hydrogens is 312 g/mol. The summed E-state index contributed by atoms with van der Waals surface area (Å²) in [4.78, 5) is 1.42. The smallest absolute Gasteiger partial charge is 0.123 e. The van der Waals surface area contributed by atoms with Crippen molar-refractivity contribution in [3.63, 3.8) is 0 Å². The van der Waals surface area contributed by atoms with Gasteiger partial charge in [-0.15, -0.1) is 11.3 Å². The van der Waals surface area contributed by atoms with E-state index in [1.54, 1.807) is 25.6 Å². The maximum Gasteiger partial charge on any atom is 0.123 e. The van der Waals surface area contributed by atoms with Crippen molar-refractivity contribution >= 4 is 27.3 Å². The molecule has 0 aliphatic carbocycles. The van der Waals surface area contributed by atoms with Crippen LogP contribution in [0.15, 0.2) is 29.6 Å². The van der Waals surface area contributed by atoms with E-state index >= 15 is 0 Å². The fraction of sp³-hybridized carbons (Fsp3) is 0.286. The molecule has 0 fully saturated rings. The second-order valence-electron chi connectivity index (χ2n) is 3.94. The summed E-state index contributed by atoms with van der Waals surface area (Å²) in [5.74, 6) is 1.70. The van der Waals surface area contributed by atoms with Crippen LogP contribution in [0, 0.1) is 6.92 Å². The highest BCUT2D eigenvalue weighted by atomic mass is 79.9. The molecule has 1 aromatic carbocycles. The summed E-state index contributed by atoms with van der Waals surface area (Å²) in [7, 11) is 3.36. The van der Waals surface area contributed by atoms with Gasteiger partial charge < -0.3 is 9.47 Å². The Morgan fingerprint density at radius 2 is 1.94 bits per heavy atom. The zero-order chi connectivity index (χ0) is 13.1. The molecule has 1 atom stereocenters. The third-order valence-electron chi connectivity index (χ3n) is 2.84. The van der Waals surface area contributed by atoms with Gasteiger partial charge in [-0.1, -0.05) is 15.9 Å². The molecular formula is C14H15BrO2S. The first-order valence-corrected chi connectivity index (χ1v) is 7.37. The van der Waals surface area contributed by atoms with Gasteiger partial charge in [-0.05, 0) is 42.1 Å². The van der Waals surface area contributed by atoms with Crippen LogP contribution in [0.4, 0.5) is 0 Å². The predicted molar refractivity (Wildman–Crippen MR) is 79.4 cm³/mol. The standard InChI is InChI=1S/C14H15BrO2S/c1-9-6-7-18-14(9)13(15)11-8-10(16-2)4-5-12(11)17-3/h4-8,13H,1-3H3. The lowest BCUT2D eigenvalue weighted by Gasteiger charge is -2.15. The summed E-state index contributed by atoms with van der Waals surface area (Å²) in [5.41, 5.74) is 2.37. The van der Waals surface area contributed by atoms with E-state index in [1.807, 2.05) is 18.2 Å². The molecule has 0 bridgehead atoms. The number of rotatable bonds is 4. The van der Waals surface area contributed by atoms with Gasteiger partial charge in [-0.2, -0.15) is 0 Å². The van der Waals surface area contributed by atoms with Crippen LogP contribution >= 0.6 is 27.3 Å². The molecule has 0 saturated heterocycles. The Morgan fingerprint density at radius 3 is 2.50 bits per heavy atom. The van der Waals surface area contributed by atoms with E-state index in [9.17, 15) is 0 Å². The van der Waals surface area contributed by atoms with Crippen LogP contribution in [0.2, 0.25) is 0 Å². The van der Waals surface area contributed by atoms with E-state index in [2.05, 4.69) is 34.3 Å². The lowest BCUT2D eigenvalue weighted by atomic mass is 10.1. The van der Waals surface area contributed by atoms with Crippen molar-refractivity contribution in [1.82, 2.24) is 0 Å². The van der Waals surface area contributed by atoms with Crippen molar-refractivity contribution < 1.29 is 9.47 Å². The first kappa shape index (κ1) is 13.4. The first-order chi connectivity index (χ1) is 8.67. The molecule has 1 aromatic heterocycles. The topological polar surface area (TPSA) is 18.5 Å². The SMILES string of the molecule is COc1ccc(OC)c(C(Br)c2sccc2C)c1. The molecule has 0 spiro atoms. The van der Waals surface area contributed by atoms with Crippen molar-refractivity contribution in [2.45, 2.75) is 11.8 Å². The second-order valence-corrected chi connectivity index (χ2v) is 5.80. The summed E-state index contributed by atoms with van der Waals surface area (Å²) in [6.45, 7) is 2.12. The maximum absolute atomic E-state index is 5.42. The second kappa shape index (κ2) is 5.76. The number of methoxy groups -OCH3 is 2. The summed E-state index contributed by atoms with van der Waals surface area (Å²) in [6.07, 6.45) is 0. The Morgan fingerprint density at radius 1 is 1.17 bits per heavy atom. The van der Waals surface area contributed by atoms with Crippen molar-refractivity contribution in [3.8, 4) is 11.5 Å². The highest BCUT2D eigenvalue weighted by Gasteiger charge is 2.19. The van der Waals surface area contributed by atoms with E-state index < -0.39 is 0 Å². The lowest BCUT2D eigenvalue weighted by molar-refractivity contribution is 0.399. The minimum absolute atomic E-state index is 0.127. The van der Waals surface area contributed by atoms with Crippen LogP contribution in [-0.2, 0) is 0 Å². The average Bonchev–Trinajstić information content (AvgIpc) is 2.83. The van der Waals surface area contributed by atoms with Gasteiger partial charge in [-0.3, -0.25) is 0 Å². The zero-order valence-electron chi connectivity index (χ0n) is 10.6. The number of ether oxygens (including phenoxy) is 2. The largest absolute Gasteiger partial charge is 0.497 e. The van der Waals surface area contributed by atoms with Crippen LogP contribution in [0.25, 0.3) is 0 Å². The number of hydrogen-bond acceptors (Lipinski definition) is 3. The van der Waals surface area contributed by atoms with E-state index in [4.69, 9.17) is 9.47 Å². The minimum Gasteiger partial charge on any atom is -0.497 e. The summed E-state index contributed by atoms with van der Waals surface area (Å²) < 4.78 is 10.7. The normalized spacial score (nSPS) is 12.2. The van der Waals surface area contributed by atoms with Crippen molar-refractivity contribution in [2.75, 3.05) is 14.2 Å². The third-order valence-corrected chi connectivity index (χ3v) is 5.18.